The van der Waals surface area contributed by atoms with E-state index < -0.39 is 31.9 Å². The van der Waals surface area contributed by atoms with E-state index in [1.54, 1.807) is 0 Å². The standard InChI is InChI=1S/C28H40N8O/c1-19-14-24(21-15-29-34(5)26(21)30-19)35-13-6-23-22(16-35)20(2)32-36(23)18-27-7-10-28(11-8-27,12-9-27)31-25(37)17-33(3)4/h14-15H,6-13,16-18H2,1-5H3,(H,31,37)/i3D3,4D3. The minimum Gasteiger partial charge on any atom is -0.366 e. The van der Waals surface area contributed by atoms with Crippen LogP contribution in [0.2, 0.25) is 0 Å². The van der Waals surface area contributed by atoms with Gasteiger partial charge in [-0.25, -0.2) is 4.98 Å². The summed E-state index contributed by atoms with van der Waals surface area (Å²) in [7, 11) is 1.92. The summed E-state index contributed by atoms with van der Waals surface area (Å²) in [6.45, 7) is 0.200. The van der Waals surface area contributed by atoms with Gasteiger partial charge in [-0.15, -0.1) is 0 Å². The molecule has 1 amide bonds. The molecule has 0 spiro atoms. The molecule has 1 N–H and O–H groups in total. The first-order chi connectivity index (χ1) is 20.1. The largest absolute Gasteiger partial charge is 0.366 e. The number of carbonyl (C=O) groups excluding carboxylic acids is 1. The summed E-state index contributed by atoms with van der Waals surface area (Å²) in [6.07, 6.45) is 7.98. The van der Waals surface area contributed by atoms with Crippen molar-refractivity contribution in [3.05, 3.63) is 34.9 Å². The predicted octanol–water partition coefficient (Wildman–Crippen LogP) is 3.12. The summed E-state index contributed by atoms with van der Waals surface area (Å²) in [5.74, 6) is -0.545. The van der Waals surface area contributed by atoms with Crippen molar-refractivity contribution in [1.82, 2.24) is 34.8 Å². The fraction of sp³-hybridized carbons (Fsp3) is 0.643. The quantitative estimate of drug-likeness (QED) is 0.549. The van der Waals surface area contributed by atoms with Crippen LogP contribution >= 0.6 is 0 Å². The zero-order valence-electron chi connectivity index (χ0n) is 28.0. The molecule has 0 aromatic carbocycles. The number of aryl methyl sites for hydroxylation is 3. The normalized spacial score (nSPS) is 28.3. The molecule has 198 valence electrons. The molecule has 3 aliphatic carbocycles. The van der Waals surface area contributed by atoms with Crippen LogP contribution in [-0.4, -0.2) is 67.9 Å². The number of nitrogens with zero attached hydrogens (tertiary/aromatic N) is 7. The van der Waals surface area contributed by atoms with Crippen LogP contribution in [0.25, 0.3) is 11.0 Å². The van der Waals surface area contributed by atoms with E-state index in [0.29, 0.717) is 4.90 Å². The molecule has 7 rings (SSSR count). The van der Waals surface area contributed by atoms with Gasteiger partial charge in [0.1, 0.15) is 0 Å². The number of aromatic nitrogens is 5. The van der Waals surface area contributed by atoms with E-state index in [4.69, 9.17) is 13.3 Å². The highest BCUT2D eigenvalue weighted by Crippen LogP contribution is 2.53. The molecule has 9 nitrogen and oxygen atoms in total. The maximum atomic E-state index is 12.9. The second-order valence-corrected chi connectivity index (χ2v) is 11.5. The number of likely N-dealkylation sites (N-methyl/N-ethyl adjacent to an activating group) is 1. The van der Waals surface area contributed by atoms with Crippen LogP contribution in [0.15, 0.2) is 12.3 Å². The molecule has 37 heavy (non-hydrogen) atoms. The van der Waals surface area contributed by atoms with Gasteiger partial charge >= 0.3 is 0 Å². The number of pyridine rings is 1. The van der Waals surface area contributed by atoms with Crippen LogP contribution in [0.3, 0.4) is 0 Å². The molecule has 0 saturated heterocycles. The fourth-order valence-electron chi connectivity index (χ4n) is 6.96. The third-order valence-electron chi connectivity index (χ3n) is 9.08. The van der Waals surface area contributed by atoms with Crippen LogP contribution in [0.5, 0.6) is 0 Å². The van der Waals surface area contributed by atoms with Crippen molar-refractivity contribution in [2.75, 3.05) is 31.9 Å². The van der Waals surface area contributed by atoms with E-state index >= 15 is 0 Å². The Morgan fingerprint density at radius 2 is 1.95 bits per heavy atom. The monoisotopic (exact) mass is 510 g/mol. The van der Waals surface area contributed by atoms with Gasteiger partial charge in [0.05, 0.1) is 29.5 Å². The Kier molecular flexibility index (Phi) is 4.37. The first-order valence-electron chi connectivity index (χ1n) is 16.3. The highest BCUT2D eigenvalue weighted by molar-refractivity contribution is 5.89. The van der Waals surface area contributed by atoms with Gasteiger partial charge in [-0.3, -0.25) is 14.2 Å². The lowest BCUT2D eigenvalue weighted by molar-refractivity contribution is -0.126. The number of carbonyl (C=O) groups is 1. The van der Waals surface area contributed by atoms with E-state index in [2.05, 4.69) is 38.0 Å². The average molecular weight is 511 g/mol. The van der Waals surface area contributed by atoms with Crippen molar-refractivity contribution in [3.63, 3.8) is 0 Å². The Hall–Kier alpha value is -2.94. The van der Waals surface area contributed by atoms with Crippen LogP contribution in [0.4, 0.5) is 5.69 Å². The van der Waals surface area contributed by atoms with E-state index in [1.807, 2.05) is 24.9 Å². The van der Waals surface area contributed by atoms with Gasteiger partial charge in [0.15, 0.2) is 5.65 Å². The van der Waals surface area contributed by atoms with E-state index in [1.165, 1.54) is 11.3 Å². The number of nitrogens with one attached hydrogen (secondary N) is 1. The summed E-state index contributed by atoms with van der Waals surface area (Å²) in [5.41, 5.74) is 6.36. The minimum absolute atomic E-state index is 0.101. The third-order valence-corrected chi connectivity index (χ3v) is 9.08. The Bertz CT molecular complexity index is 1520. The molecule has 3 aromatic rings. The lowest BCUT2D eigenvalue weighted by Crippen LogP contribution is -2.58. The predicted molar refractivity (Wildman–Crippen MR) is 145 cm³/mol. The summed E-state index contributed by atoms with van der Waals surface area (Å²) < 4.78 is 49.4. The number of amides is 1. The van der Waals surface area contributed by atoms with Crippen molar-refractivity contribution < 1.29 is 13.0 Å². The number of rotatable bonds is 6. The van der Waals surface area contributed by atoms with Gasteiger partial charge in [0.2, 0.25) is 5.91 Å². The summed E-state index contributed by atoms with van der Waals surface area (Å²) >= 11 is 0. The van der Waals surface area contributed by atoms with Gasteiger partial charge < -0.3 is 15.1 Å². The maximum Gasteiger partial charge on any atom is 0.234 e. The highest BCUT2D eigenvalue weighted by atomic mass is 16.2. The highest BCUT2D eigenvalue weighted by Gasteiger charge is 2.49. The molecule has 0 unspecified atom stereocenters. The molecule has 9 heteroatoms. The molecule has 0 radical (unpaired) electrons. The molecule has 4 heterocycles. The fourth-order valence-corrected chi connectivity index (χ4v) is 6.96. The molecule has 3 aromatic heterocycles. The first-order valence-corrected chi connectivity index (χ1v) is 13.3. The summed E-state index contributed by atoms with van der Waals surface area (Å²) in [6, 6.07) is 2.15. The van der Waals surface area contributed by atoms with Gasteiger partial charge in [-0.05, 0) is 77.8 Å². The summed E-state index contributed by atoms with van der Waals surface area (Å²) in [5, 5.41) is 13.6. The van der Waals surface area contributed by atoms with Crippen molar-refractivity contribution in [2.24, 2.45) is 12.5 Å². The summed E-state index contributed by atoms with van der Waals surface area (Å²) in [4.78, 5) is 20.3. The first kappa shape index (κ1) is 18.3. The van der Waals surface area contributed by atoms with Crippen LogP contribution in [0, 0.1) is 19.3 Å². The van der Waals surface area contributed by atoms with E-state index in [9.17, 15) is 4.79 Å². The van der Waals surface area contributed by atoms with Gasteiger partial charge in [-0.1, -0.05) is 0 Å². The maximum absolute atomic E-state index is 12.9. The lowest BCUT2D eigenvalue weighted by Gasteiger charge is -2.53. The number of hydrogen-bond donors (Lipinski definition) is 1. The zero-order chi connectivity index (χ0) is 30.9. The smallest absolute Gasteiger partial charge is 0.234 e. The average Bonchev–Trinajstić information content (AvgIpc) is 3.45. The lowest BCUT2D eigenvalue weighted by atomic mass is 9.57. The van der Waals surface area contributed by atoms with Crippen molar-refractivity contribution in [3.8, 4) is 0 Å². The number of anilines is 1. The Balaban J connectivity index is 1.13. The second-order valence-electron chi connectivity index (χ2n) is 11.5. The van der Waals surface area contributed by atoms with Gasteiger partial charge in [0, 0.05) is 63.8 Å². The van der Waals surface area contributed by atoms with Crippen LogP contribution < -0.4 is 10.2 Å². The second kappa shape index (κ2) is 8.82. The third kappa shape index (κ3) is 4.31. The molecule has 1 aliphatic heterocycles. The van der Waals surface area contributed by atoms with Crippen molar-refractivity contribution in [2.45, 2.75) is 77.4 Å². The number of hydrogen-bond acceptors (Lipinski definition) is 6. The molecule has 2 bridgehead atoms. The molecule has 0 atom stereocenters. The molecular weight excluding hydrogens is 464 g/mol. The van der Waals surface area contributed by atoms with Crippen molar-refractivity contribution >= 4 is 22.6 Å². The van der Waals surface area contributed by atoms with Crippen molar-refractivity contribution in [1.29, 1.82) is 0 Å². The minimum atomic E-state index is -2.88. The van der Waals surface area contributed by atoms with Gasteiger partial charge in [0.25, 0.3) is 0 Å². The Labute approximate surface area is 227 Å². The van der Waals surface area contributed by atoms with Gasteiger partial charge in [-0.2, -0.15) is 10.2 Å². The topological polar surface area (TPSA) is 84.1 Å². The molecular formula is C28H40N8O. The Morgan fingerprint density at radius 3 is 2.68 bits per heavy atom. The molecule has 4 aliphatic rings. The van der Waals surface area contributed by atoms with E-state index in [0.717, 1.165) is 92.7 Å². The van der Waals surface area contributed by atoms with Crippen LogP contribution in [-0.2, 0) is 31.4 Å². The molecule has 3 fully saturated rings. The molecule has 3 saturated carbocycles. The SMILES string of the molecule is [2H]C([2H])([2H])N(CC(=O)NC12CCC(Cn3nc(C)c4c3CCN(c3cc(C)nc5c3cnn5C)C4)(CC1)CC2)C([2H])([2H])[2H]. The van der Waals surface area contributed by atoms with Crippen LogP contribution in [0.1, 0.15) is 69.4 Å². The Morgan fingerprint density at radius 1 is 1.19 bits per heavy atom. The zero-order valence-corrected chi connectivity index (χ0v) is 22.0. The number of fused-ring (bicyclic) bond motifs is 5. The van der Waals surface area contributed by atoms with E-state index in [-0.39, 0.29) is 5.41 Å².